The molecule has 0 saturated heterocycles. The maximum absolute atomic E-state index is 7.65. The molecule has 7 heteroatoms. The van der Waals surface area contributed by atoms with Gasteiger partial charge in [0.25, 0.3) is 0 Å². The van der Waals surface area contributed by atoms with Gasteiger partial charge >= 0.3 is 0 Å². The Balaban J connectivity index is 2.26. The zero-order valence-corrected chi connectivity index (χ0v) is 20.2. The van der Waals surface area contributed by atoms with Crippen LogP contribution in [0.2, 0.25) is 0 Å². The molecule has 0 unspecified atom stereocenters. The van der Waals surface area contributed by atoms with Gasteiger partial charge in [0.2, 0.25) is 5.88 Å². The molecule has 0 aliphatic heterocycles. The number of hydrogen-bond acceptors (Lipinski definition) is 5. The Kier molecular flexibility index (Phi) is 7.28. The van der Waals surface area contributed by atoms with Crippen LogP contribution in [0.15, 0.2) is 29.4 Å². The number of ether oxygens (including phenoxy) is 1. The zero-order valence-electron chi connectivity index (χ0n) is 20.2. The van der Waals surface area contributed by atoms with Crippen molar-refractivity contribution in [3.63, 3.8) is 0 Å². The minimum atomic E-state index is 0.297. The van der Waals surface area contributed by atoms with E-state index >= 15 is 0 Å². The molecule has 7 nitrogen and oxygen atoms in total. The van der Waals surface area contributed by atoms with E-state index in [-0.39, 0.29) is 0 Å². The van der Waals surface area contributed by atoms with Gasteiger partial charge in [-0.3, -0.25) is 5.41 Å². The summed E-state index contributed by atoms with van der Waals surface area (Å²) in [6.45, 7) is 15.4. The lowest BCUT2D eigenvalue weighted by molar-refractivity contribution is 0.328. The molecular formula is C25H34N6O. The smallest absolute Gasteiger partial charge is 0.222 e. The third-order valence-electron chi connectivity index (χ3n) is 5.39. The molecule has 0 bridgehead atoms. The Bertz CT molecular complexity index is 1160. The standard InChI is InChI=1S/C25H34N6O/c1-8-22-17(6)23-24(31(22)15(3)4)21(28-14-16(5)29-18(7)26)13-20(30-23)19-11-10-12-27-25(19)32-9-2/h10-13,15,26H,8-9,14H2,1-7H3,(H,28,30)/b26-18?,29-16+. The molecule has 0 aliphatic rings. The number of anilines is 1. The summed E-state index contributed by atoms with van der Waals surface area (Å²) in [5.41, 5.74) is 8.11. The predicted octanol–water partition coefficient (Wildman–Crippen LogP) is 5.82. The average Bonchev–Trinajstić information content (AvgIpc) is 3.04. The van der Waals surface area contributed by atoms with Gasteiger partial charge in [-0.05, 0) is 71.7 Å². The van der Waals surface area contributed by atoms with Crippen molar-refractivity contribution in [3.05, 3.63) is 35.7 Å². The monoisotopic (exact) mass is 434 g/mol. The first-order valence-corrected chi connectivity index (χ1v) is 11.2. The highest BCUT2D eigenvalue weighted by Crippen LogP contribution is 2.37. The van der Waals surface area contributed by atoms with E-state index in [1.807, 2.05) is 26.0 Å². The second-order valence-corrected chi connectivity index (χ2v) is 8.22. The van der Waals surface area contributed by atoms with Crippen molar-refractivity contribution in [2.24, 2.45) is 4.99 Å². The molecule has 0 fully saturated rings. The van der Waals surface area contributed by atoms with E-state index in [1.54, 1.807) is 13.1 Å². The van der Waals surface area contributed by atoms with E-state index in [0.717, 1.165) is 40.1 Å². The number of aryl methyl sites for hydroxylation is 1. The van der Waals surface area contributed by atoms with E-state index in [1.165, 1.54) is 11.3 Å². The van der Waals surface area contributed by atoms with Gasteiger partial charge < -0.3 is 14.6 Å². The molecule has 0 amide bonds. The average molecular weight is 435 g/mol. The van der Waals surface area contributed by atoms with E-state index in [2.05, 4.69) is 53.6 Å². The first-order valence-electron chi connectivity index (χ1n) is 11.2. The molecule has 2 N–H and O–H groups in total. The van der Waals surface area contributed by atoms with Crippen LogP contribution in [0.25, 0.3) is 22.3 Å². The Labute approximate surface area is 190 Å². The van der Waals surface area contributed by atoms with Gasteiger partial charge in [0.1, 0.15) is 5.84 Å². The van der Waals surface area contributed by atoms with Crippen LogP contribution >= 0.6 is 0 Å². The molecule has 32 heavy (non-hydrogen) atoms. The Hall–Kier alpha value is -3.22. The Morgan fingerprint density at radius 1 is 1.28 bits per heavy atom. The Morgan fingerprint density at radius 2 is 2.03 bits per heavy atom. The number of nitrogens with one attached hydrogen (secondary N) is 2. The van der Waals surface area contributed by atoms with Crippen LogP contribution in [-0.4, -0.2) is 39.2 Å². The summed E-state index contributed by atoms with van der Waals surface area (Å²) in [5.74, 6) is 0.887. The number of amidine groups is 1. The molecule has 0 radical (unpaired) electrons. The number of hydrogen-bond donors (Lipinski definition) is 2. The lowest BCUT2D eigenvalue weighted by atomic mass is 10.1. The van der Waals surface area contributed by atoms with Gasteiger partial charge in [0.05, 0.1) is 41.1 Å². The summed E-state index contributed by atoms with van der Waals surface area (Å²) in [6.07, 6.45) is 2.67. The summed E-state index contributed by atoms with van der Waals surface area (Å²) >= 11 is 0. The molecule has 3 aromatic heterocycles. The van der Waals surface area contributed by atoms with E-state index in [9.17, 15) is 0 Å². The fraction of sp³-hybridized carbons (Fsp3) is 0.440. The molecule has 3 rings (SSSR count). The van der Waals surface area contributed by atoms with Crippen molar-refractivity contribution < 1.29 is 4.74 Å². The highest BCUT2D eigenvalue weighted by Gasteiger charge is 2.21. The SMILES string of the molecule is CCOc1ncccc1-c1cc(NC/C(C)=N/C(C)=N)c2c(n1)c(C)c(CC)n2C(C)C. The van der Waals surface area contributed by atoms with Crippen molar-refractivity contribution >= 4 is 28.3 Å². The second kappa shape index (κ2) is 9.94. The minimum absolute atomic E-state index is 0.297. The number of aromatic nitrogens is 3. The Morgan fingerprint density at radius 3 is 2.66 bits per heavy atom. The first kappa shape index (κ1) is 23.4. The van der Waals surface area contributed by atoms with Crippen molar-refractivity contribution in [2.45, 2.75) is 60.9 Å². The number of rotatable bonds is 8. The highest BCUT2D eigenvalue weighted by molar-refractivity contribution is 5.99. The van der Waals surface area contributed by atoms with E-state index < -0.39 is 0 Å². The third kappa shape index (κ3) is 4.66. The van der Waals surface area contributed by atoms with Gasteiger partial charge in [0, 0.05) is 23.6 Å². The molecule has 170 valence electrons. The van der Waals surface area contributed by atoms with Gasteiger partial charge in [-0.15, -0.1) is 0 Å². The molecule has 0 saturated carbocycles. The quantitative estimate of drug-likeness (QED) is 0.345. The predicted molar refractivity (Wildman–Crippen MR) is 134 cm³/mol. The van der Waals surface area contributed by atoms with Crippen molar-refractivity contribution in [3.8, 4) is 17.1 Å². The number of nitrogens with zero attached hydrogens (tertiary/aromatic N) is 4. The van der Waals surface area contributed by atoms with Crippen LogP contribution in [0.1, 0.15) is 58.8 Å². The van der Waals surface area contributed by atoms with Gasteiger partial charge in [-0.25, -0.2) is 15.0 Å². The van der Waals surface area contributed by atoms with Crippen LogP contribution in [-0.2, 0) is 6.42 Å². The highest BCUT2D eigenvalue weighted by atomic mass is 16.5. The van der Waals surface area contributed by atoms with Crippen molar-refractivity contribution in [2.75, 3.05) is 18.5 Å². The molecule has 0 atom stereocenters. The van der Waals surface area contributed by atoms with E-state index in [4.69, 9.17) is 15.1 Å². The molecule has 3 aromatic rings. The summed E-state index contributed by atoms with van der Waals surface area (Å²) in [6, 6.07) is 6.27. The van der Waals surface area contributed by atoms with Crippen LogP contribution in [0.3, 0.4) is 0 Å². The summed E-state index contributed by atoms with van der Waals surface area (Å²) in [5, 5.41) is 11.2. The number of aliphatic imine (C=N–C) groups is 1. The summed E-state index contributed by atoms with van der Waals surface area (Å²) < 4.78 is 8.16. The fourth-order valence-corrected chi connectivity index (χ4v) is 4.16. The molecular weight excluding hydrogens is 400 g/mol. The molecule has 3 heterocycles. The molecule has 0 spiro atoms. The van der Waals surface area contributed by atoms with Crippen LogP contribution in [0.5, 0.6) is 5.88 Å². The minimum Gasteiger partial charge on any atom is -0.477 e. The molecule has 0 aromatic carbocycles. The summed E-state index contributed by atoms with van der Waals surface area (Å²) in [7, 11) is 0. The normalized spacial score (nSPS) is 11.9. The topological polar surface area (TPSA) is 88.2 Å². The van der Waals surface area contributed by atoms with Gasteiger partial charge in [-0.2, -0.15) is 0 Å². The van der Waals surface area contributed by atoms with Crippen LogP contribution < -0.4 is 10.1 Å². The maximum atomic E-state index is 7.65. The number of fused-ring (bicyclic) bond motifs is 1. The lowest BCUT2D eigenvalue weighted by Crippen LogP contribution is -2.14. The van der Waals surface area contributed by atoms with Crippen molar-refractivity contribution in [1.29, 1.82) is 5.41 Å². The first-order chi connectivity index (χ1) is 15.3. The third-order valence-corrected chi connectivity index (χ3v) is 5.39. The zero-order chi connectivity index (χ0) is 23.4. The van der Waals surface area contributed by atoms with Gasteiger partial charge in [0.15, 0.2) is 0 Å². The lowest BCUT2D eigenvalue weighted by Gasteiger charge is -2.18. The van der Waals surface area contributed by atoms with Crippen molar-refractivity contribution in [1.82, 2.24) is 14.5 Å². The molecule has 0 aliphatic carbocycles. The fourth-order valence-electron chi connectivity index (χ4n) is 4.16. The van der Waals surface area contributed by atoms with Crippen LogP contribution in [0.4, 0.5) is 5.69 Å². The van der Waals surface area contributed by atoms with Crippen LogP contribution in [0, 0.1) is 12.3 Å². The largest absolute Gasteiger partial charge is 0.477 e. The van der Waals surface area contributed by atoms with Gasteiger partial charge in [-0.1, -0.05) is 6.92 Å². The number of pyridine rings is 2. The summed E-state index contributed by atoms with van der Waals surface area (Å²) in [4.78, 5) is 13.8. The second-order valence-electron chi connectivity index (χ2n) is 8.22. The maximum Gasteiger partial charge on any atom is 0.222 e. The van der Waals surface area contributed by atoms with E-state index in [0.29, 0.717) is 30.9 Å².